The fourth-order valence-electron chi connectivity index (χ4n) is 2.25. The maximum Gasteiger partial charge on any atom is 0.311 e. The zero-order chi connectivity index (χ0) is 17.9. The fraction of sp³-hybridized carbons (Fsp3) is 0.895. The van der Waals surface area contributed by atoms with Crippen LogP contribution in [-0.4, -0.2) is 31.6 Å². The minimum Gasteiger partial charge on any atom is -0.466 e. The Kier molecular flexibility index (Phi) is 10.4. The molecular formula is C19H36O4. The first-order valence-electron chi connectivity index (χ1n) is 8.89. The van der Waals surface area contributed by atoms with Gasteiger partial charge in [-0.05, 0) is 53.4 Å². The highest BCUT2D eigenvalue weighted by Crippen LogP contribution is 2.25. The molecule has 0 aromatic rings. The first-order valence-corrected chi connectivity index (χ1v) is 8.89. The van der Waals surface area contributed by atoms with E-state index in [1.165, 1.54) is 0 Å². The highest BCUT2D eigenvalue weighted by Gasteiger charge is 2.28. The minimum absolute atomic E-state index is 0.117. The van der Waals surface area contributed by atoms with Crippen molar-refractivity contribution in [1.29, 1.82) is 0 Å². The normalized spacial score (nSPS) is 12.3. The number of rotatable bonds is 13. The van der Waals surface area contributed by atoms with Gasteiger partial charge in [0.1, 0.15) is 5.78 Å². The summed E-state index contributed by atoms with van der Waals surface area (Å²) in [5.74, 6) is 0.136. The number of hydrogen-bond acceptors (Lipinski definition) is 4. The molecule has 0 unspecified atom stereocenters. The van der Waals surface area contributed by atoms with E-state index in [0.29, 0.717) is 6.61 Å². The summed E-state index contributed by atoms with van der Waals surface area (Å²) >= 11 is 0. The molecule has 136 valence electrons. The lowest BCUT2D eigenvalue weighted by Crippen LogP contribution is -2.26. The molecule has 0 N–H and O–H groups in total. The Labute approximate surface area is 142 Å². The average molecular weight is 328 g/mol. The quantitative estimate of drug-likeness (QED) is 0.368. The lowest BCUT2D eigenvalue weighted by atomic mass is 9.84. The van der Waals surface area contributed by atoms with Crippen LogP contribution in [0.4, 0.5) is 0 Å². The Bertz CT molecular complexity index is 358. The van der Waals surface area contributed by atoms with E-state index in [2.05, 4.69) is 0 Å². The van der Waals surface area contributed by atoms with Gasteiger partial charge in [0.15, 0.2) is 0 Å². The number of carbonyl (C=O) groups excluding carboxylic acids is 2. The van der Waals surface area contributed by atoms with E-state index < -0.39 is 5.41 Å². The molecule has 4 heteroatoms. The van der Waals surface area contributed by atoms with E-state index in [4.69, 9.17) is 9.47 Å². The number of hydrogen-bond donors (Lipinski definition) is 0. The van der Waals surface area contributed by atoms with E-state index in [9.17, 15) is 9.59 Å². The molecular weight excluding hydrogens is 292 g/mol. The largest absolute Gasteiger partial charge is 0.466 e. The summed E-state index contributed by atoms with van der Waals surface area (Å²) in [6.07, 6.45) is 5.67. The second-order valence-electron chi connectivity index (χ2n) is 7.57. The van der Waals surface area contributed by atoms with Crippen LogP contribution in [0.2, 0.25) is 0 Å². The van der Waals surface area contributed by atoms with Crippen LogP contribution in [0.25, 0.3) is 0 Å². The van der Waals surface area contributed by atoms with Crippen LogP contribution in [0, 0.1) is 10.8 Å². The number of ether oxygens (including phenoxy) is 2. The number of unbranched alkanes of at least 4 members (excludes halogenated alkanes) is 2. The molecule has 0 bridgehead atoms. The van der Waals surface area contributed by atoms with Crippen LogP contribution in [0.5, 0.6) is 0 Å². The van der Waals surface area contributed by atoms with E-state index in [0.717, 1.165) is 51.7 Å². The zero-order valence-electron chi connectivity index (χ0n) is 16.0. The summed E-state index contributed by atoms with van der Waals surface area (Å²) in [5, 5.41) is 0. The van der Waals surface area contributed by atoms with Gasteiger partial charge in [-0.3, -0.25) is 9.59 Å². The standard InChI is InChI=1S/C19H36O4/c1-7-23-17(21)19(5,6)13-9-11-15-22-14-10-8-12-18(3,4)16(2)20/h7-15H2,1-6H3. The molecule has 0 radical (unpaired) electrons. The number of esters is 1. The smallest absolute Gasteiger partial charge is 0.311 e. The summed E-state index contributed by atoms with van der Waals surface area (Å²) in [7, 11) is 0. The molecule has 0 rings (SSSR count). The van der Waals surface area contributed by atoms with Crippen LogP contribution in [0.3, 0.4) is 0 Å². The molecule has 0 aromatic heterocycles. The third kappa shape index (κ3) is 9.75. The fourth-order valence-corrected chi connectivity index (χ4v) is 2.25. The van der Waals surface area contributed by atoms with Gasteiger partial charge in [-0.25, -0.2) is 0 Å². The van der Waals surface area contributed by atoms with Gasteiger partial charge in [0.05, 0.1) is 12.0 Å². The van der Waals surface area contributed by atoms with E-state index in [-0.39, 0.29) is 17.2 Å². The van der Waals surface area contributed by atoms with Crippen molar-refractivity contribution in [1.82, 2.24) is 0 Å². The molecule has 23 heavy (non-hydrogen) atoms. The second kappa shape index (κ2) is 10.8. The van der Waals surface area contributed by atoms with Gasteiger partial charge in [0, 0.05) is 18.6 Å². The van der Waals surface area contributed by atoms with E-state index >= 15 is 0 Å². The molecule has 0 amide bonds. The Morgan fingerprint density at radius 2 is 1.30 bits per heavy atom. The molecule has 0 aromatic carbocycles. The highest BCUT2D eigenvalue weighted by atomic mass is 16.5. The van der Waals surface area contributed by atoms with Gasteiger partial charge in [-0.1, -0.05) is 26.7 Å². The Morgan fingerprint density at radius 1 is 0.826 bits per heavy atom. The zero-order valence-corrected chi connectivity index (χ0v) is 16.0. The number of ketones is 1. The Balaban J connectivity index is 3.60. The summed E-state index contributed by atoms with van der Waals surface area (Å²) in [6.45, 7) is 13.3. The van der Waals surface area contributed by atoms with Crippen molar-refractivity contribution in [3.63, 3.8) is 0 Å². The van der Waals surface area contributed by atoms with Crippen LogP contribution < -0.4 is 0 Å². The molecule has 0 fully saturated rings. The van der Waals surface area contributed by atoms with Crippen molar-refractivity contribution in [2.45, 2.75) is 80.1 Å². The third-order valence-electron chi connectivity index (χ3n) is 4.46. The topological polar surface area (TPSA) is 52.6 Å². The van der Waals surface area contributed by atoms with Crippen LogP contribution in [0.15, 0.2) is 0 Å². The monoisotopic (exact) mass is 328 g/mol. The molecule has 0 aliphatic rings. The van der Waals surface area contributed by atoms with Crippen molar-refractivity contribution in [3.05, 3.63) is 0 Å². The molecule has 0 saturated carbocycles. The summed E-state index contributed by atoms with van der Waals surface area (Å²) < 4.78 is 10.7. The molecule has 0 spiro atoms. The summed E-state index contributed by atoms with van der Waals surface area (Å²) in [5.41, 5.74) is -0.618. The maximum absolute atomic E-state index is 11.8. The lowest BCUT2D eigenvalue weighted by molar-refractivity contribution is -0.153. The van der Waals surface area contributed by atoms with Crippen LogP contribution in [0.1, 0.15) is 80.1 Å². The number of Topliss-reactive ketones (excluding diaryl/α,β-unsaturated/α-hetero) is 1. The number of carbonyl (C=O) groups is 2. The molecule has 0 heterocycles. The van der Waals surface area contributed by atoms with Gasteiger partial charge in [-0.15, -0.1) is 0 Å². The van der Waals surface area contributed by atoms with Crippen LogP contribution >= 0.6 is 0 Å². The highest BCUT2D eigenvalue weighted by molar-refractivity contribution is 5.81. The summed E-state index contributed by atoms with van der Waals surface area (Å²) in [4.78, 5) is 23.2. The molecule has 0 aliphatic carbocycles. The van der Waals surface area contributed by atoms with E-state index in [1.54, 1.807) is 6.92 Å². The Hall–Kier alpha value is -0.900. The predicted octanol–water partition coefficient (Wildman–Crippen LogP) is 4.55. The van der Waals surface area contributed by atoms with Crippen molar-refractivity contribution < 1.29 is 19.1 Å². The van der Waals surface area contributed by atoms with E-state index in [1.807, 2.05) is 34.6 Å². The molecule has 0 aliphatic heterocycles. The Morgan fingerprint density at radius 3 is 1.74 bits per heavy atom. The lowest BCUT2D eigenvalue weighted by Gasteiger charge is -2.22. The maximum atomic E-state index is 11.8. The third-order valence-corrected chi connectivity index (χ3v) is 4.46. The van der Waals surface area contributed by atoms with Gasteiger partial charge >= 0.3 is 5.97 Å². The molecule has 4 nitrogen and oxygen atoms in total. The van der Waals surface area contributed by atoms with Crippen molar-refractivity contribution in [2.24, 2.45) is 10.8 Å². The van der Waals surface area contributed by atoms with Gasteiger partial charge in [0.25, 0.3) is 0 Å². The minimum atomic E-state index is -0.408. The summed E-state index contributed by atoms with van der Waals surface area (Å²) in [6, 6.07) is 0. The predicted molar refractivity (Wildman–Crippen MR) is 93.4 cm³/mol. The molecule has 0 atom stereocenters. The van der Waals surface area contributed by atoms with Crippen LogP contribution in [-0.2, 0) is 19.1 Å². The van der Waals surface area contributed by atoms with Gasteiger partial charge < -0.3 is 9.47 Å². The molecule has 0 saturated heterocycles. The SMILES string of the molecule is CCOC(=O)C(C)(C)CCCCOCCCCC(C)(C)C(C)=O. The van der Waals surface area contributed by atoms with Gasteiger partial charge in [0.2, 0.25) is 0 Å². The van der Waals surface area contributed by atoms with Crippen molar-refractivity contribution in [3.8, 4) is 0 Å². The van der Waals surface area contributed by atoms with Crippen molar-refractivity contribution in [2.75, 3.05) is 19.8 Å². The van der Waals surface area contributed by atoms with Crippen molar-refractivity contribution >= 4 is 11.8 Å². The van der Waals surface area contributed by atoms with Gasteiger partial charge in [-0.2, -0.15) is 0 Å². The first kappa shape index (κ1) is 22.1. The second-order valence-corrected chi connectivity index (χ2v) is 7.57. The first-order chi connectivity index (χ1) is 10.6. The average Bonchev–Trinajstić information content (AvgIpc) is 2.45.